The second-order valence-corrected chi connectivity index (χ2v) is 9.17. The molecule has 2 heteroatoms. The van der Waals surface area contributed by atoms with Crippen molar-refractivity contribution in [1.82, 2.24) is 4.90 Å². The first kappa shape index (κ1) is 33.7. The highest BCUT2D eigenvalue weighted by Gasteiger charge is 2.12. The first-order valence-corrected chi connectivity index (χ1v) is 13.8. The Hall–Kier alpha value is -4.30. The van der Waals surface area contributed by atoms with Crippen LogP contribution in [0.25, 0.3) is 0 Å². The topological polar surface area (TPSA) is 6.48 Å². The van der Waals surface area contributed by atoms with Crippen LogP contribution in [0.15, 0.2) is 174 Å². The van der Waals surface area contributed by atoms with Crippen molar-refractivity contribution in [3.05, 3.63) is 174 Å². The Morgan fingerprint density at radius 3 is 1.73 bits per heavy atom. The van der Waals surface area contributed by atoms with E-state index in [9.17, 15) is 0 Å². The van der Waals surface area contributed by atoms with E-state index in [0.29, 0.717) is 0 Å². The zero-order valence-corrected chi connectivity index (χ0v) is 25.9. The third-order valence-corrected chi connectivity index (χ3v) is 6.27. The third-order valence-electron chi connectivity index (χ3n) is 6.27. The third kappa shape index (κ3) is 10.5. The number of para-hydroxylation sites is 1. The number of hydrogen-bond donors (Lipinski definition) is 0. The fourth-order valence-corrected chi connectivity index (χ4v) is 3.96. The van der Waals surface area contributed by atoms with Gasteiger partial charge in [-0.05, 0) is 115 Å². The SMILES string of the molecule is C=C/C=C\C(=C/C)N(/C(C)=C/C=C(C)/C(C)=C/C=C(\C)N(/C(C=C)=C/C=C\C)C(/C=C\C)=C/C)c1ccccc1. The van der Waals surface area contributed by atoms with Crippen LogP contribution in [0.3, 0.4) is 0 Å². The molecule has 0 N–H and O–H groups in total. The minimum Gasteiger partial charge on any atom is -0.315 e. The molecule has 0 bridgehead atoms. The highest BCUT2D eigenvalue weighted by Crippen LogP contribution is 2.26. The molecular formula is C38H48N2. The molecule has 0 aliphatic rings. The van der Waals surface area contributed by atoms with E-state index in [4.69, 9.17) is 0 Å². The van der Waals surface area contributed by atoms with E-state index in [-0.39, 0.29) is 0 Å². The van der Waals surface area contributed by atoms with E-state index in [1.54, 1.807) is 6.08 Å². The van der Waals surface area contributed by atoms with Gasteiger partial charge in [-0.3, -0.25) is 0 Å². The lowest BCUT2D eigenvalue weighted by molar-refractivity contribution is 0.560. The number of anilines is 1. The molecule has 40 heavy (non-hydrogen) atoms. The average Bonchev–Trinajstić information content (AvgIpc) is 2.98. The number of rotatable bonds is 14. The van der Waals surface area contributed by atoms with Crippen molar-refractivity contribution >= 4 is 5.69 Å². The van der Waals surface area contributed by atoms with Gasteiger partial charge >= 0.3 is 0 Å². The van der Waals surface area contributed by atoms with E-state index in [1.165, 1.54) is 11.1 Å². The molecule has 0 amide bonds. The summed E-state index contributed by atoms with van der Waals surface area (Å²) in [6, 6.07) is 10.4. The second-order valence-electron chi connectivity index (χ2n) is 9.17. The van der Waals surface area contributed by atoms with Crippen LogP contribution < -0.4 is 4.90 Å². The first-order chi connectivity index (χ1) is 19.3. The van der Waals surface area contributed by atoms with Crippen LogP contribution >= 0.6 is 0 Å². The quantitative estimate of drug-likeness (QED) is 0.220. The molecule has 0 fully saturated rings. The molecule has 0 aliphatic carbocycles. The smallest absolute Gasteiger partial charge is 0.0458 e. The van der Waals surface area contributed by atoms with Crippen molar-refractivity contribution in [3.8, 4) is 0 Å². The Bertz CT molecular complexity index is 1280. The Morgan fingerprint density at radius 2 is 1.23 bits per heavy atom. The molecule has 0 atom stereocenters. The predicted molar refractivity (Wildman–Crippen MR) is 181 cm³/mol. The highest BCUT2D eigenvalue weighted by molar-refractivity contribution is 5.60. The Morgan fingerprint density at radius 1 is 0.625 bits per heavy atom. The van der Waals surface area contributed by atoms with Crippen molar-refractivity contribution in [2.24, 2.45) is 0 Å². The zero-order valence-electron chi connectivity index (χ0n) is 25.9. The van der Waals surface area contributed by atoms with Gasteiger partial charge in [0.1, 0.15) is 0 Å². The van der Waals surface area contributed by atoms with Gasteiger partial charge in [-0.1, -0.05) is 86.0 Å². The lowest BCUT2D eigenvalue weighted by Crippen LogP contribution is -2.19. The van der Waals surface area contributed by atoms with Crippen LogP contribution in [-0.4, -0.2) is 4.90 Å². The molecule has 0 radical (unpaired) electrons. The fraction of sp³-hybridized carbons (Fsp3) is 0.211. The maximum absolute atomic E-state index is 4.06. The molecule has 1 rings (SSSR count). The van der Waals surface area contributed by atoms with Crippen molar-refractivity contribution in [3.63, 3.8) is 0 Å². The summed E-state index contributed by atoms with van der Waals surface area (Å²) in [4.78, 5) is 4.46. The monoisotopic (exact) mass is 532 g/mol. The molecule has 0 saturated carbocycles. The van der Waals surface area contributed by atoms with Crippen LogP contribution in [0.2, 0.25) is 0 Å². The van der Waals surface area contributed by atoms with Gasteiger partial charge in [-0.25, -0.2) is 0 Å². The number of allylic oxidation sites excluding steroid dienone is 19. The Labute approximate surface area is 244 Å². The summed E-state index contributed by atoms with van der Waals surface area (Å²) in [6.07, 6.45) is 31.0. The van der Waals surface area contributed by atoms with E-state index >= 15 is 0 Å². The lowest BCUT2D eigenvalue weighted by Gasteiger charge is -2.27. The van der Waals surface area contributed by atoms with Crippen molar-refractivity contribution in [1.29, 1.82) is 0 Å². The Balaban J connectivity index is 3.47. The number of nitrogens with zero attached hydrogens (tertiary/aromatic N) is 2. The summed E-state index contributed by atoms with van der Waals surface area (Å²) in [5.41, 5.74) is 8.91. The summed E-state index contributed by atoms with van der Waals surface area (Å²) in [7, 11) is 0. The van der Waals surface area contributed by atoms with E-state index in [1.807, 2.05) is 44.2 Å². The molecule has 0 aliphatic heterocycles. The molecular weight excluding hydrogens is 484 g/mol. The van der Waals surface area contributed by atoms with E-state index in [2.05, 4.69) is 150 Å². The molecule has 210 valence electrons. The van der Waals surface area contributed by atoms with Gasteiger partial charge in [0, 0.05) is 34.2 Å². The largest absolute Gasteiger partial charge is 0.315 e. The number of benzene rings is 1. The molecule has 1 aromatic carbocycles. The molecule has 0 spiro atoms. The minimum absolute atomic E-state index is 1.02. The van der Waals surface area contributed by atoms with Gasteiger partial charge in [0.25, 0.3) is 0 Å². The summed E-state index contributed by atoms with van der Waals surface area (Å²) >= 11 is 0. The van der Waals surface area contributed by atoms with Crippen LogP contribution in [0, 0.1) is 0 Å². The maximum Gasteiger partial charge on any atom is 0.0458 e. The molecule has 0 heterocycles. The zero-order chi connectivity index (χ0) is 29.9. The minimum atomic E-state index is 1.02. The summed E-state index contributed by atoms with van der Waals surface area (Å²) in [5, 5.41) is 0. The van der Waals surface area contributed by atoms with Crippen LogP contribution in [0.4, 0.5) is 5.69 Å². The normalized spacial score (nSPS) is 14.9. The van der Waals surface area contributed by atoms with Gasteiger partial charge in [-0.15, -0.1) is 0 Å². The van der Waals surface area contributed by atoms with Crippen molar-refractivity contribution < 1.29 is 0 Å². The van der Waals surface area contributed by atoms with Crippen LogP contribution in [0.5, 0.6) is 0 Å². The van der Waals surface area contributed by atoms with Crippen molar-refractivity contribution in [2.45, 2.75) is 55.4 Å². The van der Waals surface area contributed by atoms with Gasteiger partial charge in [0.05, 0.1) is 0 Å². The molecule has 0 unspecified atom stereocenters. The van der Waals surface area contributed by atoms with Gasteiger partial charge in [-0.2, -0.15) is 0 Å². The van der Waals surface area contributed by atoms with Crippen LogP contribution in [0.1, 0.15) is 55.4 Å². The molecule has 0 aromatic heterocycles. The average molecular weight is 533 g/mol. The highest BCUT2D eigenvalue weighted by atomic mass is 15.2. The molecule has 2 nitrogen and oxygen atoms in total. The van der Waals surface area contributed by atoms with Gasteiger partial charge in [0.15, 0.2) is 0 Å². The number of hydrogen-bond acceptors (Lipinski definition) is 2. The first-order valence-electron chi connectivity index (χ1n) is 13.8. The predicted octanol–water partition coefficient (Wildman–Crippen LogP) is 11.3. The standard InChI is InChI=1S/C38H48N2/c1-11-17-23-36(15-5)39(35(14-4)22-13-3)33(9)29-27-31(7)32(8)28-30-34(10)40(37(16-6)24-18-12-2)38-25-20-19-21-26-38/h11-30H,2,5H2,1,3-4,6-10H3/b17-11-,22-13-,24-18-,31-27+,32-28+,33-29+,34-30+,35-14+,36-23+,37-16+. The van der Waals surface area contributed by atoms with Gasteiger partial charge in [0.2, 0.25) is 0 Å². The maximum atomic E-state index is 4.06. The molecule has 1 aromatic rings. The van der Waals surface area contributed by atoms with Crippen molar-refractivity contribution in [2.75, 3.05) is 4.90 Å². The summed E-state index contributed by atoms with van der Waals surface area (Å²) < 4.78 is 0. The van der Waals surface area contributed by atoms with Gasteiger partial charge < -0.3 is 9.80 Å². The Kier molecular flexibility index (Phi) is 15.9. The fourth-order valence-electron chi connectivity index (χ4n) is 3.96. The summed E-state index contributed by atoms with van der Waals surface area (Å²) in [5.74, 6) is 0. The van der Waals surface area contributed by atoms with E-state index < -0.39 is 0 Å². The van der Waals surface area contributed by atoms with E-state index in [0.717, 1.165) is 34.2 Å². The lowest BCUT2D eigenvalue weighted by atomic mass is 10.1. The van der Waals surface area contributed by atoms with Crippen LogP contribution in [-0.2, 0) is 0 Å². The second kappa shape index (κ2) is 18.9. The molecule has 0 saturated heterocycles. The summed E-state index contributed by atoms with van der Waals surface area (Å²) in [6.45, 7) is 24.6.